The topological polar surface area (TPSA) is 62.7 Å². The molecule has 4 nitrogen and oxygen atoms in total. The minimum absolute atomic E-state index is 0. The van der Waals surface area contributed by atoms with Crippen LogP contribution in [0.25, 0.3) is 55.6 Å². The molecule has 1 radical (unpaired) electrons. The third-order valence-electron chi connectivity index (χ3n) is 8.74. The van der Waals surface area contributed by atoms with Gasteiger partial charge in [0.25, 0.3) is 0 Å². The zero-order chi connectivity index (χ0) is 34.0. The molecular weight excluding hydrogens is 839 g/mol. The second-order valence-corrected chi connectivity index (χ2v) is 24.2. The summed E-state index contributed by atoms with van der Waals surface area (Å²) in [7, 11) is 0. The Morgan fingerprint density at radius 1 is 0.776 bits per heavy atom. The number of aryl methyl sites for hydroxylation is 2. The van der Waals surface area contributed by atoms with E-state index in [9.17, 15) is 0 Å². The van der Waals surface area contributed by atoms with Crippen molar-refractivity contribution in [1.29, 1.82) is 5.26 Å². The predicted octanol–water partition coefficient (Wildman–Crippen LogP) is 10.8. The van der Waals surface area contributed by atoms with Crippen molar-refractivity contribution in [1.82, 2.24) is 9.97 Å². The van der Waals surface area contributed by atoms with Crippen LogP contribution >= 0.6 is 0 Å². The van der Waals surface area contributed by atoms with Crippen molar-refractivity contribution in [3.8, 4) is 39.7 Å². The van der Waals surface area contributed by atoms with Crippen molar-refractivity contribution in [2.45, 2.75) is 50.9 Å². The van der Waals surface area contributed by atoms with Crippen LogP contribution in [-0.4, -0.2) is 23.2 Å². The van der Waals surface area contributed by atoms with Crippen molar-refractivity contribution >= 4 is 39.6 Å². The van der Waals surface area contributed by atoms with E-state index in [0.29, 0.717) is 11.5 Å². The fourth-order valence-electron chi connectivity index (χ4n) is 6.02. The van der Waals surface area contributed by atoms with Crippen LogP contribution in [0, 0.1) is 37.3 Å². The third kappa shape index (κ3) is 7.63. The average Bonchev–Trinajstić information content (AvgIpc) is 3.49. The summed E-state index contributed by atoms with van der Waals surface area (Å²) in [5.74, 6) is 7.49. The number of hydrogen-bond acceptors (Lipinski definition) is 4. The number of nitrogens with zero attached hydrogens (tertiary/aromatic N) is 3. The average molecular weight is 879 g/mol. The molecule has 0 aliphatic carbocycles. The number of pyridine rings is 2. The monoisotopic (exact) mass is 880 g/mol. The largest absolute Gasteiger partial charge is 0 e. The number of aromatic nitrogens is 2. The molecular formula is C43H39GeIrN3O-2. The minimum Gasteiger partial charge on any atom is 0 e. The van der Waals surface area contributed by atoms with E-state index in [-0.39, 0.29) is 20.1 Å². The standard InChI is InChI=1S/C28H24NO.C15H15GeN2.Ir/c1-17(2)23-15-24(29-16-19(23)4)22-14-13-21(20-10-6-5-7-11-20)27-26-18(3)9-8-12-25(26)30-28(22)27;1-16(2,3)14-8-9-15(18-11-14)13-6-4-12(10-17)5-7-13;/h5-13,15-17H,1-4H3;4-6,8-9,11H,1-3H3;/q2*-1;. The number of benzene rings is 4. The van der Waals surface area contributed by atoms with Gasteiger partial charge in [0.15, 0.2) is 0 Å². The van der Waals surface area contributed by atoms with Gasteiger partial charge in [-0.25, -0.2) is 0 Å². The summed E-state index contributed by atoms with van der Waals surface area (Å²) < 4.78 is 7.84. The number of fused-ring (bicyclic) bond motifs is 3. The van der Waals surface area contributed by atoms with Crippen LogP contribution in [0.1, 0.15) is 42.0 Å². The molecule has 0 bridgehead atoms. The van der Waals surface area contributed by atoms with Gasteiger partial charge < -0.3 is 9.40 Å². The van der Waals surface area contributed by atoms with Gasteiger partial charge in [-0.1, -0.05) is 79.1 Å². The molecule has 6 heteroatoms. The van der Waals surface area contributed by atoms with Crippen LogP contribution in [0.5, 0.6) is 0 Å². The summed E-state index contributed by atoms with van der Waals surface area (Å²) in [6.07, 6.45) is 3.95. The van der Waals surface area contributed by atoms with Gasteiger partial charge in [-0.15, -0.1) is 12.1 Å². The fourth-order valence-corrected chi connectivity index (χ4v) is 8.19. The van der Waals surface area contributed by atoms with Gasteiger partial charge in [0.1, 0.15) is 5.58 Å². The first kappa shape index (κ1) is 36.0. The van der Waals surface area contributed by atoms with Crippen LogP contribution in [0.4, 0.5) is 0 Å². The third-order valence-corrected chi connectivity index (χ3v) is 13.0. The van der Waals surface area contributed by atoms with Crippen molar-refractivity contribution in [2.75, 3.05) is 0 Å². The first-order valence-corrected chi connectivity index (χ1v) is 23.7. The molecule has 247 valence electrons. The van der Waals surface area contributed by atoms with E-state index in [1.807, 2.05) is 42.7 Å². The summed E-state index contributed by atoms with van der Waals surface area (Å²) >= 11 is -1.78. The minimum atomic E-state index is -1.78. The van der Waals surface area contributed by atoms with Gasteiger partial charge >= 0.3 is 111 Å². The Labute approximate surface area is 306 Å². The molecule has 3 aromatic heterocycles. The molecule has 3 heterocycles. The van der Waals surface area contributed by atoms with Crippen LogP contribution in [0.3, 0.4) is 0 Å². The summed E-state index contributed by atoms with van der Waals surface area (Å²) in [5, 5.41) is 11.0. The Hall–Kier alpha value is -4.34. The van der Waals surface area contributed by atoms with Crippen LogP contribution < -0.4 is 4.40 Å². The molecule has 7 rings (SSSR count). The van der Waals surface area contributed by atoms with E-state index in [1.165, 1.54) is 21.1 Å². The smallest absolute Gasteiger partial charge is 0 e. The van der Waals surface area contributed by atoms with Gasteiger partial charge in [-0.2, -0.15) is 0 Å². The van der Waals surface area contributed by atoms with Gasteiger partial charge in [0.2, 0.25) is 0 Å². The Morgan fingerprint density at radius 3 is 2.16 bits per heavy atom. The predicted molar refractivity (Wildman–Crippen MR) is 201 cm³/mol. The maximum absolute atomic E-state index is 8.75. The zero-order valence-corrected chi connectivity index (χ0v) is 33.5. The number of nitriles is 1. The van der Waals surface area contributed by atoms with Crippen molar-refractivity contribution in [3.63, 3.8) is 0 Å². The van der Waals surface area contributed by atoms with Crippen LogP contribution in [0.15, 0.2) is 108 Å². The van der Waals surface area contributed by atoms with E-state index in [1.54, 1.807) is 12.1 Å². The Balaban J connectivity index is 0.000000212. The van der Waals surface area contributed by atoms with Crippen LogP contribution in [0.2, 0.25) is 17.3 Å². The molecule has 0 aliphatic heterocycles. The van der Waals surface area contributed by atoms with Gasteiger partial charge in [-0.3, -0.25) is 0 Å². The second-order valence-electron chi connectivity index (χ2n) is 13.6. The normalized spacial score (nSPS) is 11.2. The number of hydrogen-bond donors (Lipinski definition) is 0. The SMILES string of the molecule is Cc1cnc(-c2[c-]cc(-c3ccccc3)c3c2oc2cccc(C)c23)cc1C(C)C.[CH3][Ge]([CH3])([CH3])[c]1ccc(-c2[c-]cc(C#N)cc2)nc1.[Ir]. The van der Waals surface area contributed by atoms with Gasteiger partial charge in [-0.05, 0) is 53.6 Å². The molecule has 0 atom stereocenters. The van der Waals surface area contributed by atoms with Gasteiger partial charge in [0, 0.05) is 31.7 Å². The Kier molecular flexibility index (Phi) is 11.0. The van der Waals surface area contributed by atoms with Crippen molar-refractivity contribution < 1.29 is 24.5 Å². The van der Waals surface area contributed by atoms with E-state index in [0.717, 1.165) is 55.6 Å². The van der Waals surface area contributed by atoms with E-state index < -0.39 is 13.3 Å². The summed E-state index contributed by atoms with van der Waals surface area (Å²) in [6.45, 7) is 8.70. The molecule has 0 saturated heterocycles. The summed E-state index contributed by atoms with van der Waals surface area (Å²) in [6, 6.07) is 39.3. The molecule has 0 saturated carbocycles. The fraction of sp³-hybridized carbons (Fsp3) is 0.186. The molecule has 0 amide bonds. The van der Waals surface area contributed by atoms with Crippen molar-refractivity contribution in [3.05, 3.63) is 138 Å². The number of rotatable bonds is 5. The Morgan fingerprint density at radius 2 is 1.53 bits per heavy atom. The molecule has 0 fully saturated rings. The first-order chi connectivity index (χ1) is 23.0. The van der Waals surface area contributed by atoms with E-state index in [4.69, 9.17) is 14.7 Å². The maximum atomic E-state index is 8.75. The van der Waals surface area contributed by atoms with Crippen LogP contribution in [-0.2, 0) is 20.1 Å². The van der Waals surface area contributed by atoms with Crippen molar-refractivity contribution in [2.24, 2.45) is 0 Å². The molecule has 0 N–H and O–H groups in total. The quantitative estimate of drug-likeness (QED) is 0.128. The van der Waals surface area contributed by atoms with E-state index in [2.05, 4.69) is 117 Å². The van der Waals surface area contributed by atoms with Gasteiger partial charge in [0.05, 0.1) is 5.58 Å². The first-order valence-electron chi connectivity index (χ1n) is 16.3. The Bertz CT molecular complexity index is 2260. The molecule has 49 heavy (non-hydrogen) atoms. The summed E-state index contributed by atoms with van der Waals surface area (Å²) in [4.78, 5) is 9.25. The molecule has 0 aliphatic rings. The van der Waals surface area contributed by atoms with E-state index >= 15 is 0 Å². The zero-order valence-electron chi connectivity index (χ0n) is 29.0. The maximum Gasteiger partial charge on any atom is 0 e. The molecule has 0 spiro atoms. The molecule has 0 unspecified atom stereocenters. The molecule has 7 aromatic rings. The summed E-state index contributed by atoms with van der Waals surface area (Å²) in [5.41, 5.74) is 12.1. The number of furan rings is 1. The molecule has 4 aromatic carbocycles. The second kappa shape index (κ2) is 15.1.